The van der Waals surface area contributed by atoms with Gasteiger partial charge in [0.2, 0.25) is 17.7 Å². The number of nitrogens with one attached hydrogen (secondary N) is 3. The quantitative estimate of drug-likeness (QED) is 0.0665. The Balaban J connectivity index is 0.776. The van der Waals surface area contributed by atoms with Gasteiger partial charge in [-0.25, -0.2) is 28.3 Å². The molecule has 20 nitrogen and oxygen atoms in total. The van der Waals surface area contributed by atoms with Gasteiger partial charge < -0.3 is 39.8 Å². The number of fused-ring (bicyclic) bond motifs is 4. The molecule has 10 rings (SSSR count). The Morgan fingerprint density at radius 3 is 2.16 bits per heavy atom. The normalized spacial score (nSPS) is 20.2. The molecule has 0 spiro atoms. The lowest BCUT2D eigenvalue weighted by Crippen LogP contribution is -2.57. The summed E-state index contributed by atoms with van der Waals surface area (Å²) in [5.74, 6) is -1.74. The number of ether oxygens (including phenoxy) is 3. The summed E-state index contributed by atoms with van der Waals surface area (Å²) in [6.07, 6.45) is 2.42. The molecular formula is C66H84ClF2N11O9S2. The number of aliphatic hydroxyl groups is 1. The minimum Gasteiger partial charge on any atom is -0.459 e. The number of benzene rings is 3. The predicted octanol–water partition coefficient (Wildman–Crippen LogP) is 12.2. The fourth-order valence-corrected chi connectivity index (χ4v) is 14.8. The fraction of sp³-hybridized carbons (Fsp3) is 0.561. The number of halogens is 3. The monoisotopic (exact) mass is 1310 g/mol. The van der Waals surface area contributed by atoms with Crippen LogP contribution in [0.25, 0.3) is 42.7 Å². The number of aryl methyl sites for hydroxylation is 1. The first-order valence-corrected chi connectivity index (χ1v) is 33.5. The van der Waals surface area contributed by atoms with Crippen molar-refractivity contribution < 1.29 is 52.1 Å². The molecule has 4 unspecified atom stereocenters. The van der Waals surface area contributed by atoms with Crippen LogP contribution in [0.5, 0.6) is 6.01 Å². The lowest BCUT2D eigenvalue weighted by Gasteiger charge is -2.42. The third-order valence-electron chi connectivity index (χ3n) is 17.2. The maximum absolute atomic E-state index is 17.7. The number of nitrogens with zero attached hydrogens (tertiary/aromatic N) is 8. The third-order valence-corrected chi connectivity index (χ3v) is 19.5. The molecule has 0 radical (unpaired) electrons. The molecule has 4 aliphatic rings. The number of anilines is 2. The number of hydrogen-bond donors (Lipinski definition) is 4. The van der Waals surface area contributed by atoms with Gasteiger partial charge in [-0.1, -0.05) is 68.0 Å². The highest BCUT2D eigenvalue weighted by atomic mass is 35.5. The van der Waals surface area contributed by atoms with Crippen molar-refractivity contribution in [2.45, 2.75) is 188 Å². The Kier molecular flexibility index (Phi) is 19.9. The van der Waals surface area contributed by atoms with Crippen LogP contribution in [0.4, 0.5) is 29.3 Å². The second-order valence-corrected chi connectivity index (χ2v) is 30.1. The molecule has 7 atom stereocenters. The molecule has 4 saturated heterocycles. The minimum absolute atomic E-state index is 0.00748. The number of aromatic nitrogens is 4. The standard InChI is InChI=1S/C66H84ClF2N11O9S2/c1-35(30-77-26-24-38(25-27-77)14-13-15-49(82)72-56(64(4,5)6)59(84)79-33-43(81)28-48(79)58(83)71-36(2)39-16-18-40(19-17-39)54-37(3)70-34-90-54)87-60-73-52-45(57(75-60)78-31-41-20-21-42(32-78)80(41)63(86)89-66(10,11)12)29-46(67)50(51(52)69)44-22-23-47(68)55-53(44)74-61(91-55)76-62(85)88-65(7,8)9/h16-19,22-23,29,34-36,38,41-43,48,56,81H,13-15,20-21,24-28,30-33H2,1-12H3,(H,71,83)(H,72,82)(H,74,76,85)/t35?,36-,41?,42?,43+,48-,56?/m0/s1. The number of hydrogen-bond acceptors (Lipinski definition) is 17. The Labute approximate surface area is 543 Å². The summed E-state index contributed by atoms with van der Waals surface area (Å²) in [5, 5.41) is 19.8. The molecule has 490 valence electrons. The van der Waals surface area contributed by atoms with Crippen LogP contribution in [0.15, 0.2) is 48.0 Å². The third kappa shape index (κ3) is 15.6. The topological polar surface area (TPSA) is 234 Å². The van der Waals surface area contributed by atoms with E-state index in [9.17, 15) is 29.1 Å². The SMILES string of the molecule is Cc1ncsc1-c1ccc([C@H](C)NC(=O)[C@@H]2C[C@@H](O)CN2C(=O)C(NC(=O)CCCC2CCN(CC(C)Oc3nc(N4CC5CCC(C4)N5C(=O)OC(C)(C)C)c4cc(Cl)c(-c5ccc(F)c6sc(NC(=O)OC(C)(C)C)nc56)c(F)c4n3)CC2)C(C)(C)C)cc1. The van der Waals surface area contributed by atoms with E-state index in [1.54, 1.807) is 43.1 Å². The van der Waals surface area contributed by atoms with Crippen molar-refractivity contribution in [3.8, 4) is 27.6 Å². The summed E-state index contributed by atoms with van der Waals surface area (Å²) in [4.78, 5) is 95.4. The number of rotatable bonds is 17. The van der Waals surface area contributed by atoms with Crippen LogP contribution in [0.2, 0.25) is 5.02 Å². The molecule has 0 saturated carbocycles. The summed E-state index contributed by atoms with van der Waals surface area (Å²) < 4.78 is 51.0. The van der Waals surface area contributed by atoms with E-state index in [4.69, 9.17) is 35.8 Å². The van der Waals surface area contributed by atoms with Gasteiger partial charge in [0.15, 0.2) is 10.9 Å². The Morgan fingerprint density at radius 2 is 1.53 bits per heavy atom. The number of carbonyl (C=O) groups is 5. The second kappa shape index (κ2) is 27.0. The fourth-order valence-electron chi connectivity index (χ4n) is 12.8. The average molecular weight is 1310 g/mol. The smallest absolute Gasteiger partial charge is 0.413 e. The maximum Gasteiger partial charge on any atom is 0.413 e. The van der Waals surface area contributed by atoms with Crippen molar-refractivity contribution >= 4 is 96.3 Å². The van der Waals surface area contributed by atoms with E-state index in [1.165, 1.54) is 17.0 Å². The molecule has 5 amide bonds. The number of aliphatic hydroxyl groups excluding tert-OH is 1. The van der Waals surface area contributed by atoms with Gasteiger partial charge in [-0.2, -0.15) is 9.97 Å². The number of piperazine rings is 1. The van der Waals surface area contributed by atoms with Crippen LogP contribution < -0.4 is 25.6 Å². The number of carbonyl (C=O) groups excluding carboxylic acids is 5. The van der Waals surface area contributed by atoms with Gasteiger partial charge in [-0.15, -0.1) is 11.3 Å². The van der Waals surface area contributed by atoms with E-state index in [0.717, 1.165) is 78.2 Å². The first-order chi connectivity index (χ1) is 42.9. The number of amides is 5. The van der Waals surface area contributed by atoms with Gasteiger partial charge in [0.05, 0.1) is 55.6 Å². The van der Waals surface area contributed by atoms with E-state index in [-0.39, 0.29) is 98.4 Å². The Hall–Kier alpha value is -6.86. The zero-order chi connectivity index (χ0) is 65.6. The van der Waals surface area contributed by atoms with Gasteiger partial charge in [0, 0.05) is 55.5 Å². The first kappa shape index (κ1) is 67.0. The minimum atomic E-state index is -0.936. The van der Waals surface area contributed by atoms with Gasteiger partial charge >= 0.3 is 18.2 Å². The zero-order valence-corrected chi connectivity index (χ0v) is 56.3. The Morgan fingerprint density at radius 1 is 0.846 bits per heavy atom. The van der Waals surface area contributed by atoms with Gasteiger partial charge in [-0.05, 0) is 155 Å². The first-order valence-electron chi connectivity index (χ1n) is 31.4. The Bertz CT molecular complexity index is 3680. The van der Waals surface area contributed by atoms with Crippen molar-refractivity contribution in [2.75, 3.05) is 49.5 Å². The van der Waals surface area contributed by atoms with Crippen molar-refractivity contribution in [3.63, 3.8) is 0 Å². The van der Waals surface area contributed by atoms with Crippen LogP contribution in [0.3, 0.4) is 0 Å². The van der Waals surface area contributed by atoms with Crippen LogP contribution in [-0.2, 0) is 23.9 Å². The molecule has 4 N–H and O–H groups in total. The van der Waals surface area contributed by atoms with Crippen LogP contribution in [0.1, 0.15) is 145 Å². The van der Waals surface area contributed by atoms with E-state index >= 15 is 8.78 Å². The molecular weight excluding hydrogens is 1230 g/mol. The highest BCUT2D eigenvalue weighted by Gasteiger charge is 2.47. The highest BCUT2D eigenvalue weighted by Crippen LogP contribution is 2.45. The highest BCUT2D eigenvalue weighted by molar-refractivity contribution is 7.22. The molecule has 25 heteroatoms. The lowest BCUT2D eigenvalue weighted by molar-refractivity contribution is -0.144. The maximum atomic E-state index is 17.7. The van der Waals surface area contributed by atoms with E-state index in [0.29, 0.717) is 43.2 Å². The van der Waals surface area contributed by atoms with E-state index < -0.39 is 64.5 Å². The van der Waals surface area contributed by atoms with Gasteiger partial charge in [0.25, 0.3) is 0 Å². The average Bonchev–Trinajstić information content (AvgIpc) is 1.73. The van der Waals surface area contributed by atoms with Crippen LogP contribution in [-0.4, -0.2) is 156 Å². The van der Waals surface area contributed by atoms with Crippen molar-refractivity contribution in [3.05, 3.63) is 75.9 Å². The number of likely N-dealkylation sites (tertiary alicyclic amines) is 2. The summed E-state index contributed by atoms with van der Waals surface area (Å²) in [6, 6.07) is 9.42. The molecule has 2 bridgehead atoms. The van der Waals surface area contributed by atoms with Crippen LogP contribution >= 0.6 is 34.3 Å². The van der Waals surface area contributed by atoms with Crippen molar-refractivity contribution in [2.24, 2.45) is 11.3 Å². The molecule has 3 aromatic carbocycles. The van der Waals surface area contributed by atoms with E-state index in [2.05, 4.69) is 30.8 Å². The molecule has 0 aliphatic carbocycles. The van der Waals surface area contributed by atoms with Crippen molar-refractivity contribution in [1.29, 1.82) is 0 Å². The number of β-amino-alcohol motifs (C(OH)–C–C–N with tert-alkyl or cyclic N) is 1. The molecule has 4 aliphatic heterocycles. The molecule has 7 heterocycles. The van der Waals surface area contributed by atoms with Crippen molar-refractivity contribution in [1.82, 2.24) is 45.3 Å². The molecule has 91 heavy (non-hydrogen) atoms. The molecule has 3 aromatic heterocycles. The summed E-state index contributed by atoms with van der Waals surface area (Å²) in [7, 11) is 0. The van der Waals surface area contributed by atoms with E-state index in [1.807, 2.05) is 97.0 Å². The molecule has 6 aromatic rings. The number of piperidine rings is 1. The van der Waals surface area contributed by atoms with Gasteiger partial charge in [-0.3, -0.25) is 29.5 Å². The predicted molar refractivity (Wildman–Crippen MR) is 349 cm³/mol. The lowest BCUT2D eigenvalue weighted by atomic mass is 9.85. The zero-order valence-electron chi connectivity index (χ0n) is 53.9. The largest absolute Gasteiger partial charge is 0.459 e. The van der Waals surface area contributed by atoms with Gasteiger partial charge in [0.1, 0.15) is 46.5 Å². The number of thiazole rings is 2. The summed E-state index contributed by atoms with van der Waals surface area (Å²) in [6.45, 7) is 24.8. The molecule has 4 fully saturated rings. The summed E-state index contributed by atoms with van der Waals surface area (Å²) >= 11 is 9.52. The van der Waals surface area contributed by atoms with Crippen LogP contribution in [0, 0.1) is 29.9 Å². The second-order valence-electron chi connectivity index (χ2n) is 27.8. The summed E-state index contributed by atoms with van der Waals surface area (Å²) in [5.41, 5.74) is 2.57.